The molecule has 3 saturated carbocycles. The van der Waals surface area contributed by atoms with Crippen LogP contribution in [0.4, 0.5) is 0 Å². The highest BCUT2D eigenvalue weighted by Crippen LogP contribution is 2.68. The second-order valence-electron chi connectivity index (χ2n) is 10.1. The summed E-state index contributed by atoms with van der Waals surface area (Å²) in [5, 5.41) is 0. The van der Waals surface area contributed by atoms with Crippen molar-refractivity contribution >= 4 is 17.5 Å². The molecule has 0 aliphatic heterocycles. The monoisotopic (exact) mass is 384 g/mol. The molecule has 4 nitrogen and oxygen atoms in total. The number of esters is 1. The predicted molar refractivity (Wildman–Crippen MR) is 106 cm³/mol. The van der Waals surface area contributed by atoms with Gasteiger partial charge in [-0.25, -0.2) is 0 Å². The number of rotatable bonds is 2. The van der Waals surface area contributed by atoms with E-state index >= 15 is 0 Å². The van der Waals surface area contributed by atoms with Crippen molar-refractivity contribution < 1.29 is 19.1 Å². The maximum absolute atomic E-state index is 12.8. The van der Waals surface area contributed by atoms with Crippen molar-refractivity contribution in [1.29, 1.82) is 0 Å². The molecule has 3 fully saturated rings. The highest BCUT2D eigenvalue weighted by atomic mass is 16.6. The van der Waals surface area contributed by atoms with Gasteiger partial charge in [0.25, 0.3) is 0 Å². The van der Waals surface area contributed by atoms with Crippen LogP contribution in [0.1, 0.15) is 66.7 Å². The van der Waals surface area contributed by atoms with E-state index in [9.17, 15) is 14.4 Å². The molecule has 0 bridgehead atoms. The van der Waals surface area contributed by atoms with Crippen LogP contribution >= 0.6 is 0 Å². The van der Waals surface area contributed by atoms with E-state index in [0.717, 1.165) is 25.7 Å². The van der Waals surface area contributed by atoms with Crippen LogP contribution in [0.15, 0.2) is 23.8 Å². The second kappa shape index (κ2) is 6.14. The minimum atomic E-state index is -0.979. The lowest BCUT2D eigenvalue weighted by Gasteiger charge is -2.59. The van der Waals surface area contributed by atoms with Crippen LogP contribution in [0.3, 0.4) is 0 Å². The number of carbonyl (C=O) groups excluding carboxylic acids is 3. The first-order chi connectivity index (χ1) is 13.0. The van der Waals surface area contributed by atoms with E-state index in [2.05, 4.69) is 26.8 Å². The van der Waals surface area contributed by atoms with E-state index in [-0.39, 0.29) is 28.4 Å². The molecular weight excluding hydrogens is 352 g/mol. The molecule has 4 rings (SSSR count). The van der Waals surface area contributed by atoms with Gasteiger partial charge in [-0.3, -0.25) is 14.4 Å². The number of ketones is 2. The average molecular weight is 385 g/mol. The first-order valence-corrected chi connectivity index (χ1v) is 10.7. The Hall–Kier alpha value is -1.71. The summed E-state index contributed by atoms with van der Waals surface area (Å²) in [5.74, 6) is 1.39. The summed E-state index contributed by atoms with van der Waals surface area (Å²) in [4.78, 5) is 36.7. The molecule has 1 unspecified atom stereocenters. The van der Waals surface area contributed by atoms with E-state index in [0.29, 0.717) is 30.1 Å². The molecule has 0 N–H and O–H groups in total. The van der Waals surface area contributed by atoms with Crippen LogP contribution in [0.25, 0.3) is 0 Å². The van der Waals surface area contributed by atoms with Crippen LogP contribution < -0.4 is 0 Å². The maximum atomic E-state index is 12.8. The van der Waals surface area contributed by atoms with Gasteiger partial charge in [-0.2, -0.15) is 0 Å². The minimum Gasteiger partial charge on any atom is -0.451 e. The maximum Gasteiger partial charge on any atom is 0.303 e. The van der Waals surface area contributed by atoms with E-state index in [1.165, 1.54) is 12.5 Å². The summed E-state index contributed by atoms with van der Waals surface area (Å²) < 4.78 is 5.83. The smallest absolute Gasteiger partial charge is 0.303 e. The Balaban J connectivity index is 1.75. The van der Waals surface area contributed by atoms with Crippen molar-refractivity contribution in [1.82, 2.24) is 0 Å². The lowest BCUT2D eigenvalue weighted by Crippen LogP contribution is -2.59. The molecule has 4 aliphatic carbocycles. The zero-order valence-electron chi connectivity index (χ0n) is 17.7. The molecule has 0 heterocycles. The fourth-order valence-corrected chi connectivity index (χ4v) is 7.68. The summed E-state index contributed by atoms with van der Waals surface area (Å²) in [6.07, 6.45) is 10.2. The number of hydrogen-bond donors (Lipinski definition) is 0. The molecular formula is C24H32O4. The normalized spacial score (nSPS) is 46.9. The summed E-state index contributed by atoms with van der Waals surface area (Å²) in [7, 11) is 0. The van der Waals surface area contributed by atoms with E-state index in [1.54, 1.807) is 13.0 Å². The largest absolute Gasteiger partial charge is 0.451 e. The Bertz CT molecular complexity index is 807. The van der Waals surface area contributed by atoms with E-state index in [1.807, 2.05) is 6.08 Å². The van der Waals surface area contributed by atoms with Gasteiger partial charge in [-0.05, 0) is 74.9 Å². The minimum absolute atomic E-state index is 0.00929. The fourth-order valence-electron chi connectivity index (χ4n) is 7.68. The third-order valence-electron chi connectivity index (χ3n) is 8.88. The van der Waals surface area contributed by atoms with Crippen molar-refractivity contribution in [3.8, 4) is 0 Å². The third-order valence-corrected chi connectivity index (χ3v) is 8.88. The molecule has 0 amide bonds. The molecule has 0 spiro atoms. The van der Waals surface area contributed by atoms with Gasteiger partial charge in [0, 0.05) is 17.8 Å². The van der Waals surface area contributed by atoms with E-state index in [4.69, 9.17) is 4.74 Å². The summed E-state index contributed by atoms with van der Waals surface area (Å²) in [5.41, 5.74) is -0.0919. The standard InChI is InChI=1S/C24H32O4/c1-14-12-18-19(22(4)9-6-17(27)13-21(14)22)7-10-23(5)20(18)8-11-24(23,15(2)25)28-16(3)26/h6,9,13-14,18-20H,7-8,10-12H2,1-5H3/t14?,18-,19-,20-,22+,23-,24+/m0/s1. The molecule has 0 aromatic heterocycles. The molecule has 4 heteroatoms. The average Bonchev–Trinajstić information content (AvgIpc) is 2.90. The van der Waals surface area contributed by atoms with Crippen molar-refractivity contribution in [2.45, 2.75) is 72.3 Å². The van der Waals surface area contributed by atoms with Crippen LogP contribution in [-0.4, -0.2) is 23.1 Å². The van der Waals surface area contributed by atoms with E-state index < -0.39 is 5.60 Å². The SMILES string of the molecule is CC(=O)O[C@@]1(C(C)=O)CC[C@H]2[C@H]3CC(C)C4=CC(=O)C=C[C@]4(C)[C@H]3CC[C@@]21C. The highest BCUT2D eigenvalue weighted by molar-refractivity contribution is 6.01. The Labute approximate surface area is 167 Å². The number of fused-ring (bicyclic) bond motifs is 5. The molecule has 0 saturated heterocycles. The Morgan fingerprint density at radius 3 is 2.43 bits per heavy atom. The molecule has 7 atom stereocenters. The molecule has 0 aromatic rings. The summed E-state index contributed by atoms with van der Waals surface area (Å²) in [6, 6.07) is 0. The second-order valence-corrected chi connectivity index (χ2v) is 10.1. The first-order valence-electron chi connectivity index (χ1n) is 10.7. The Morgan fingerprint density at radius 1 is 1.11 bits per heavy atom. The van der Waals surface area contributed by atoms with Crippen LogP contribution in [0, 0.1) is 34.5 Å². The van der Waals surface area contributed by atoms with Gasteiger partial charge < -0.3 is 4.74 Å². The van der Waals surface area contributed by atoms with Gasteiger partial charge in [0.1, 0.15) is 0 Å². The molecule has 0 aromatic carbocycles. The first kappa shape index (κ1) is 19.6. The van der Waals surface area contributed by atoms with Gasteiger partial charge in [0.05, 0.1) is 0 Å². The van der Waals surface area contributed by atoms with Gasteiger partial charge in [-0.15, -0.1) is 0 Å². The quantitative estimate of drug-likeness (QED) is 0.661. The molecule has 152 valence electrons. The van der Waals surface area contributed by atoms with Crippen LogP contribution in [0.2, 0.25) is 0 Å². The molecule has 28 heavy (non-hydrogen) atoms. The topological polar surface area (TPSA) is 60.4 Å². The Kier molecular flexibility index (Phi) is 4.30. The van der Waals surface area contributed by atoms with Gasteiger partial charge in [0.2, 0.25) is 0 Å². The Morgan fingerprint density at radius 2 is 1.79 bits per heavy atom. The van der Waals surface area contributed by atoms with Crippen LogP contribution in [-0.2, 0) is 19.1 Å². The van der Waals surface area contributed by atoms with Crippen molar-refractivity contribution in [2.24, 2.45) is 34.5 Å². The number of Topliss-reactive ketones (excluding diaryl/α,β-unsaturated/α-hetero) is 1. The number of allylic oxidation sites excluding steroid dienone is 4. The fraction of sp³-hybridized carbons (Fsp3) is 0.708. The zero-order chi connectivity index (χ0) is 20.5. The third kappa shape index (κ3) is 2.39. The van der Waals surface area contributed by atoms with Gasteiger partial charge >= 0.3 is 5.97 Å². The lowest BCUT2D eigenvalue weighted by molar-refractivity contribution is -0.186. The molecule has 4 aliphatic rings. The summed E-state index contributed by atoms with van der Waals surface area (Å²) >= 11 is 0. The van der Waals surface area contributed by atoms with Crippen LogP contribution in [0.5, 0.6) is 0 Å². The van der Waals surface area contributed by atoms with Gasteiger partial charge in [-0.1, -0.05) is 32.4 Å². The van der Waals surface area contributed by atoms with Crippen molar-refractivity contribution in [3.63, 3.8) is 0 Å². The highest BCUT2D eigenvalue weighted by Gasteiger charge is 2.68. The predicted octanol–water partition coefficient (Wildman–Crippen LogP) is 4.43. The van der Waals surface area contributed by atoms with Gasteiger partial charge in [0.15, 0.2) is 17.2 Å². The van der Waals surface area contributed by atoms with Crippen molar-refractivity contribution in [2.75, 3.05) is 0 Å². The van der Waals surface area contributed by atoms with Crippen molar-refractivity contribution in [3.05, 3.63) is 23.8 Å². The lowest BCUT2D eigenvalue weighted by atomic mass is 9.45. The number of ether oxygens (including phenoxy) is 1. The summed E-state index contributed by atoms with van der Waals surface area (Å²) in [6.45, 7) is 9.71. The number of carbonyl (C=O) groups is 3. The zero-order valence-corrected chi connectivity index (χ0v) is 17.7. The number of hydrogen-bond acceptors (Lipinski definition) is 4. The molecule has 0 radical (unpaired) electrons.